The SMILES string of the molecule is CCCCNC(=O)NC(=O)CSc1ccc(F)c(F)c1. The molecule has 0 spiro atoms. The molecular weight excluding hydrogens is 286 g/mol. The number of urea groups is 1. The maximum Gasteiger partial charge on any atom is 0.321 e. The first-order valence-electron chi connectivity index (χ1n) is 6.18. The van der Waals surface area contributed by atoms with Crippen molar-refractivity contribution in [3.05, 3.63) is 29.8 Å². The highest BCUT2D eigenvalue weighted by atomic mass is 32.2. The number of carbonyl (C=O) groups is 2. The molecule has 0 unspecified atom stereocenters. The molecule has 0 heterocycles. The Morgan fingerprint density at radius 2 is 2.00 bits per heavy atom. The summed E-state index contributed by atoms with van der Waals surface area (Å²) in [6, 6.07) is 2.83. The molecule has 1 rings (SSSR count). The van der Waals surface area contributed by atoms with Gasteiger partial charge in [0.2, 0.25) is 5.91 Å². The Morgan fingerprint density at radius 1 is 1.25 bits per heavy atom. The van der Waals surface area contributed by atoms with Crippen LogP contribution < -0.4 is 10.6 Å². The number of benzene rings is 1. The van der Waals surface area contributed by atoms with Crippen LogP contribution in [-0.4, -0.2) is 24.2 Å². The number of rotatable bonds is 6. The zero-order valence-corrected chi connectivity index (χ0v) is 11.9. The minimum atomic E-state index is -0.965. The molecule has 0 bridgehead atoms. The van der Waals surface area contributed by atoms with E-state index >= 15 is 0 Å². The van der Waals surface area contributed by atoms with Crippen molar-refractivity contribution in [2.45, 2.75) is 24.7 Å². The highest BCUT2D eigenvalue weighted by Gasteiger charge is 2.09. The first-order valence-corrected chi connectivity index (χ1v) is 7.17. The summed E-state index contributed by atoms with van der Waals surface area (Å²) in [6.07, 6.45) is 1.78. The lowest BCUT2D eigenvalue weighted by Gasteiger charge is -2.06. The minimum Gasteiger partial charge on any atom is -0.338 e. The van der Waals surface area contributed by atoms with Gasteiger partial charge in [0, 0.05) is 11.4 Å². The molecule has 0 aliphatic carbocycles. The number of carbonyl (C=O) groups excluding carboxylic acids is 2. The molecule has 0 aliphatic rings. The number of unbranched alkanes of at least 4 members (excludes halogenated alkanes) is 1. The molecule has 0 aliphatic heterocycles. The summed E-state index contributed by atoms with van der Waals surface area (Å²) in [4.78, 5) is 23.1. The molecule has 0 aromatic heterocycles. The van der Waals surface area contributed by atoms with Crippen LogP contribution in [0.5, 0.6) is 0 Å². The molecule has 1 aromatic rings. The summed E-state index contributed by atoms with van der Waals surface area (Å²) in [5, 5.41) is 4.70. The predicted octanol–water partition coefficient (Wildman–Crippen LogP) is 2.68. The highest BCUT2D eigenvalue weighted by Crippen LogP contribution is 2.19. The number of hydrogen-bond donors (Lipinski definition) is 2. The van der Waals surface area contributed by atoms with Crippen LogP contribution in [0, 0.1) is 11.6 Å². The fourth-order valence-electron chi connectivity index (χ4n) is 1.30. The van der Waals surface area contributed by atoms with Crippen molar-refractivity contribution in [1.29, 1.82) is 0 Å². The number of imide groups is 1. The fourth-order valence-corrected chi connectivity index (χ4v) is 2.02. The van der Waals surface area contributed by atoms with Crippen LogP contribution >= 0.6 is 11.8 Å². The zero-order valence-electron chi connectivity index (χ0n) is 11.0. The van der Waals surface area contributed by atoms with E-state index in [0.717, 1.165) is 36.7 Å². The van der Waals surface area contributed by atoms with Crippen molar-refractivity contribution < 1.29 is 18.4 Å². The number of thioether (sulfide) groups is 1. The summed E-state index contributed by atoms with van der Waals surface area (Å²) in [7, 11) is 0. The highest BCUT2D eigenvalue weighted by molar-refractivity contribution is 8.00. The van der Waals surface area contributed by atoms with E-state index in [0.29, 0.717) is 11.4 Å². The van der Waals surface area contributed by atoms with Crippen LogP contribution in [0.25, 0.3) is 0 Å². The van der Waals surface area contributed by atoms with Crippen molar-refractivity contribution in [2.24, 2.45) is 0 Å². The van der Waals surface area contributed by atoms with Gasteiger partial charge in [-0.05, 0) is 24.6 Å². The summed E-state index contributed by atoms with van der Waals surface area (Å²) < 4.78 is 25.6. The zero-order chi connectivity index (χ0) is 15.0. The third kappa shape index (κ3) is 6.01. The second-order valence-electron chi connectivity index (χ2n) is 4.02. The molecule has 110 valence electrons. The molecule has 0 radical (unpaired) electrons. The maximum absolute atomic E-state index is 12.9. The van der Waals surface area contributed by atoms with Gasteiger partial charge >= 0.3 is 6.03 Å². The number of nitrogens with one attached hydrogen (secondary N) is 2. The molecule has 3 amide bonds. The third-order valence-electron chi connectivity index (χ3n) is 2.33. The van der Waals surface area contributed by atoms with Gasteiger partial charge in [0.25, 0.3) is 0 Å². The van der Waals surface area contributed by atoms with Crippen LogP contribution in [0.15, 0.2) is 23.1 Å². The molecule has 20 heavy (non-hydrogen) atoms. The first-order chi connectivity index (χ1) is 9.52. The van der Waals surface area contributed by atoms with Crippen LogP contribution in [0.3, 0.4) is 0 Å². The van der Waals surface area contributed by atoms with Crippen LogP contribution in [0.2, 0.25) is 0 Å². The maximum atomic E-state index is 12.9. The second kappa shape index (κ2) is 8.52. The summed E-state index contributed by atoms with van der Waals surface area (Å²) in [5.74, 6) is -2.44. The smallest absolute Gasteiger partial charge is 0.321 e. The lowest BCUT2D eigenvalue weighted by atomic mass is 10.3. The summed E-state index contributed by atoms with van der Waals surface area (Å²) >= 11 is 1.02. The number of hydrogen-bond acceptors (Lipinski definition) is 3. The van der Waals surface area contributed by atoms with E-state index in [-0.39, 0.29) is 5.75 Å². The molecule has 1 aromatic carbocycles. The van der Waals surface area contributed by atoms with E-state index in [1.165, 1.54) is 6.07 Å². The van der Waals surface area contributed by atoms with E-state index in [4.69, 9.17) is 0 Å². The van der Waals surface area contributed by atoms with Crippen LogP contribution in [0.1, 0.15) is 19.8 Å². The summed E-state index contributed by atoms with van der Waals surface area (Å²) in [6.45, 7) is 2.50. The Labute approximate surface area is 120 Å². The molecule has 0 atom stereocenters. The Morgan fingerprint density at radius 3 is 2.65 bits per heavy atom. The average Bonchev–Trinajstić information content (AvgIpc) is 2.40. The predicted molar refractivity (Wildman–Crippen MR) is 73.5 cm³/mol. The largest absolute Gasteiger partial charge is 0.338 e. The van der Waals surface area contributed by atoms with Crippen molar-refractivity contribution in [3.63, 3.8) is 0 Å². The van der Waals surface area contributed by atoms with E-state index in [9.17, 15) is 18.4 Å². The Bertz CT molecular complexity index is 483. The van der Waals surface area contributed by atoms with Gasteiger partial charge in [-0.1, -0.05) is 13.3 Å². The van der Waals surface area contributed by atoms with E-state index in [1.807, 2.05) is 6.92 Å². The molecule has 0 saturated heterocycles. The van der Waals surface area contributed by atoms with Gasteiger partial charge in [-0.2, -0.15) is 0 Å². The van der Waals surface area contributed by atoms with Crippen molar-refractivity contribution in [2.75, 3.05) is 12.3 Å². The van der Waals surface area contributed by atoms with Gasteiger partial charge in [-0.25, -0.2) is 13.6 Å². The first kappa shape index (κ1) is 16.4. The Hall–Kier alpha value is -1.63. The van der Waals surface area contributed by atoms with E-state index in [1.54, 1.807) is 0 Å². The van der Waals surface area contributed by atoms with Gasteiger partial charge in [0.15, 0.2) is 11.6 Å². The lowest BCUT2D eigenvalue weighted by Crippen LogP contribution is -2.40. The average molecular weight is 302 g/mol. The van der Waals surface area contributed by atoms with Gasteiger partial charge in [-0.3, -0.25) is 10.1 Å². The summed E-state index contributed by atoms with van der Waals surface area (Å²) in [5.41, 5.74) is 0. The van der Waals surface area contributed by atoms with Crippen LogP contribution in [-0.2, 0) is 4.79 Å². The Balaban J connectivity index is 2.32. The van der Waals surface area contributed by atoms with Gasteiger partial charge in [0.1, 0.15) is 0 Å². The number of amides is 3. The van der Waals surface area contributed by atoms with Crippen molar-refractivity contribution in [1.82, 2.24) is 10.6 Å². The quantitative estimate of drug-likeness (QED) is 0.627. The fraction of sp³-hybridized carbons (Fsp3) is 0.385. The minimum absolute atomic E-state index is 0.0493. The molecule has 2 N–H and O–H groups in total. The van der Waals surface area contributed by atoms with Gasteiger partial charge < -0.3 is 5.32 Å². The third-order valence-corrected chi connectivity index (χ3v) is 3.32. The molecular formula is C13H16F2N2O2S. The molecule has 0 saturated carbocycles. The van der Waals surface area contributed by atoms with Crippen molar-refractivity contribution in [3.8, 4) is 0 Å². The molecule has 4 nitrogen and oxygen atoms in total. The molecule has 7 heteroatoms. The number of halogens is 2. The van der Waals surface area contributed by atoms with Gasteiger partial charge in [0.05, 0.1) is 5.75 Å². The second-order valence-corrected chi connectivity index (χ2v) is 5.07. The standard InChI is InChI=1S/C13H16F2N2O2S/c1-2-3-6-16-13(19)17-12(18)8-20-9-4-5-10(14)11(15)7-9/h4-5,7H,2-3,6,8H2,1H3,(H2,16,17,18,19). The monoisotopic (exact) mass is 302 g/mol. The van der Waals surface area contributed by atoms with E-state index < -0.39 is 23.6 Å². The topological polar surface area (TPSA) is 58.2 Å². The van der Waals surface area contributed by atoms with Crippen molar-refractivity contribution >= 4 is 23.7 Å². The Kier molecular flexibility index (Phi) is 7.00. The van der Waals surface area contributed by atoms with Crippen LogP contribution in [0.4, 0.5) is 13.6 Å². The van der Waals surface area contributed by atoms with E-state index in [2.05, 4.69) is 10.6 Å². The van der Waals surface area contributed by atoms with Gasteiger partial charge in [-0.15, -0.1) is 11.8 Å². The molecule has 0 fully saturated rings. The lowest BCUT2D eigenvalue weighted by molar-refractivity contribution is -0.117. The normalized spacial score (nSPS) is 10.2.